The fraction of sp³-hybridized carbons (Fsp3) is 0.0909. The normalized spacial score (nSPS) is 10.9. The Morgan fingerprint density at radius 2 is 1.77 bits per heavy atom. The number of hydrogen-bond acceptors (Lipinski definition) is 4. The molecular formula is C22H16Cl2N4O3. The van der Waals surface area contributed by atoms with Gasteiger partial charge < -0.3 is 5.32 Å². The van der Waals surface area contributed by atoms with E-state index in [-0.39, 0.29) is 24.0 Å². The summed E-state index contributed by atoms with van der Waals surface area (Å²) >= 11 is 12.2. The van der Waals surface area contributed by atoms with Gasteiger partial charge in [-0.15, -0.1) is 0 Å². The van der Waals surface area contributed by atoms with Crippen LogP contribution in [0.2, 0.25) is 10.0 Å². The Morgan fingerprint density at radius 1 is 0.968 bits per heavy atom. The summed E-state index contributed by atoms with van der Waals surface area (Å²) in [5.41, 5.74) is 0.0647. The van der Waals surface area contributed by atoms with Crippen LogP contribution >= 0.6 is 23.2 Å². The molecule has 0 atom stereocenters. The Kier molecular flexibility index (Phi) is 5.88. The lowest BCUT2D eigenvalue weighted by Gasteiger charge is -2.14. The number of amides is 1. The lowest BCUT2D eigenvalue weighted by atomic mass is 10.2. The quantitative estimate of drug-likeness (QED) is 0.501. The number of nitrogens with one attached hydrogen (secondary N) is 1. The van der Waals surface area contributed by atoms with E-state index >= 15 is 0 Å². The largest absolute Gasteiger partial charge is 0.349 e. The summed E-state index contributed by atoms with van der Waals surface area (Å²) in [6.45, 7) is -0.0929. The fourth-order valence-electron chi connectivity index (χ4n) is 3.23. The first-order valence-corrected chi connectivity index (χ1v) is 10.1. The number of pyridine rings is 1. The van der Waals surface area contributed by atoms with Crippen LogP contribution in [0.4, 0.5) is 0 Å². The molecule has 0 saturated carbocycles. The molecule has 0 fully saturated rings. The van der Waals surface area contributed by atoms with E-state index in [0.717, 1.165) is 4.57 Å². The van der Waals surface area contributed by atoms with Gasteiger partial charge >= 0.3 is 5.69 Å². The maximum absolute atomic E-state index is 13.3. The number of nitrogens with zero attached hydrogens (tertiary/aromatic N) is 3. The number of aromatic nitrogens is 3. The van der Waals surface area contributed by atoms with Crippen molar-refractivity contribution in [1.82, 2.24) is 19.4 Å². The van der Waals surface area contributed by atoms with Gasteiger partial charge in [0.25, 0.3) is 5.56 Å². The zero-order valence-electron chi connectivity index (χ0n) is 16.1. The molecule has 0 radical (unpaired) electrons. The third kappa shape index (κ3) is 4.38. The van der Waals surface area contributed by atoms with Crippen molar-refractivity contribution in [2.75, 3.05) is 0 Å². The highest BCUT2D eigenvalue weighted by molar-refractivity contribution is 6.31. The number of fused-ring (bicyclic) bond motifs is 1. The SMILES string of the molecule is O=C(Cn1c(=O)n(-c2cccc(Cl)c2)c(=O)c2ccc(Cl)cc21)NCc1ccccn1. The Labute approximate surface area is 186 Å². The Balaban J connectivity index is 1.80. The second-order valence-electron chi connectivity index (χ2n) is 6.75. The highest BCUT2D eigenvalue weighted by Gasteiger charge is 2.17. The van der Waals surface area contributed by atoms with Crippen LogP contribution in [0.25, 0.3) is 16.6 Å². The van der Waals surface area contributed by atoms with E-state index in [1.54, 1.807) is 42.6 Å². The van der Waals surface area contributed by atoms with Gasteiger partial charge in [-0.1, -0.05) is 35.3 Å². The Hall–Kier alpha value is -3.42. The van der Waals surface area contributed by atoms with Crippen molar-refractivity contribution < 1.29 is 4.79 Å². The highest BCUT2D eigenvalue weighted by atomic mass is 35.5. The van der Waals surface area contributed by atoms with Crippen molar-refractivity contribution in [2.45, 2.75) is 13.1 Å². The van der Waals surface area contributed by atoms with Crippen molar-refractivity contribution in [3.05, 3.63) is 103 Å². The third-order valence-electron chi connectivity index (χ3n) is 4.67. The molecule has 1 N–H and O–H groups in total. The molecule has 0 aliphatic rings. The van der Waals surface area contributed by atoms with Gasteiger partial charge in [0, 0.05) is 16.2 Å². The minimum absolute atomic E-state index is 0.209. The van der Waals surface area contributed by atoms with Gasteiger partial charge in [0.05, 0.1) is 28.8 Å². The molecular weight excluding hydrogens is 439 g/mol. The van der Waals surface area contributed by atoms with Gasteiger partial charge in [0.15, 0.2) is 0 Å². The lowest BCUT2D eigenvalue weighted by Crippen LogP contribution is -2.41. The van der Waals surface area contributed by atoms with Gasteiger partial charge in [0.1, 0.15) is 6.54 Å². The first kappa shape index (κ1) is 20.8. The maximum atomic E-state index is 13.3. The van der Waals surface area contributed by atoms with E-state index < -0.39 is 17.2 Å². The van der Waals surface area contributed by atoms with Crippen molar-refractivity contribution in [3.63, 3.8) is 0 Å². The molecule has 0 aliphatic carbocycles. The van der Waals surface area contributed by atoms with Crippen molar-refractivity contribution in [2.24, 2.45) is 0 Å². The molecule has 0 bridgehead atoms. The molecule has 0 unspecified atom stereocenters. The molecule has 4 aromatic rings. The third-order valence-corrected chi connectivity index (χ3v) is 5.14. The predicted molar refractivity (Wildman–Crippen MR) is 120 cm³/mol. The van der Waals surface area contributed by atoms with Crippen LogP contribution in [0.15, 0.2) is 76.4 Å². The van der Waals surface area contributed by atoms with Crippen LogP contribution < -0.4 is 16.6 Å². The number of carbonyl (C=O) groups is 1. The second kappa shape index (κ2) is 8.75. The van der Waals surface area contributed by atoms with Crippen LogP contribution in [0.5, 0.6) is 0 Å². The molecule has 2 aromatic carbocycles. The zero-order valence-corrected chi connectivity index (χ0v) is 17.6. The maximum Gasteiger partial charge on any atom is 0.336 e. The fourth-order valence-corrected chi connectivity index (χ4v) is 3.58. The smallest absolute Gasteiger partial charge is 0.336 e. The number of benzene rings is 2. The molecule has 4 rings (SSSR count). The molecule has 156 valence electrons. The van der Waals surface area contributed by atoms with Crippen LogP contribution in [-0.2, 0) is 17.9 Å². The number of rotatable bonds is 5. The van der Waals surface area contributed by atoms with Crippen molar-refractivity contribution >= 4 is 40.0 Å². The number of halogens is 2. The van der Waals surface area contributed by atoms with E-state index in [0.29, 0.717) is 21.4 Å². The van der Waals surface area contributed by atoms with Crippen LogP contribution in [0, 0.1) is 0 Å². The molecule has 0 saturated heterocycles. The van der Waals surface area contributed by atoms with E-state index in [9.17, 15) is 14.4 Å². The van der Waals surface area contributed by atoms with Gasteiger partial charge in [-0.25, -0.2) is 9.36 Å². The number of hydrogen-bond donors (Lipinski definition) is 1. The summed E-state index contributed by atoms with van der Waals surface area (Å²) in [5, 5.41) is 3.70. The van der Waals surface area contributed by atoms with Gasteiger partial charge in [-0.05, 0) is 48.5 Å². The minimum atomic E-state index is -0.671. The van der Waals surface area contributed by atoms with Gasteiger partial charge in [-0.3, -0.25) is 19.1 Å². The summed E-state index contributed by atoms with van der Waals surface area (Å²) in [6, 6.07) is 16.3. The van der Waals surface area contributed by atoms with Crippen LogP contribution in [0.1, 0.15) is 5.69 Å². The van der Waals surface area contributed by atoms with Gasteiger partial charge in [-0.2, -0.15) is 0 Å². The molecule has 0 spiro atoms. The average molecular weight is 455 g/mol. The molecule has 2 aromatic heterocycles. The summed E-state index contributed by atoms with van der Waals surface area (Å²) < 4.78 is 2.21. The zero-order chi connectivity index (χ0) is 22.0. The predicted octanol–water partition coefficient (Wildman–Crippen LogP) is 3.17. The summed E-state index contributed by atoms with van der Waals surface area (Å²) in [7, 11) is 0. The summed E-state index contributed by atoms with van der Waals surface area (Å²) in [5.74, 6) is -0.412. The van der Waals surface area contributed by atoms with Crippen molar-refractivity contribution in [1.29, 1.82) is 0 Å². The number of carbonyl (C=O) groups excluding carboxylic acids is 1. The lowest BCUT2D eigenvalue weighted by molar-refractivity contribution is -0.121. The Bertz CT molecular complexity index is 1400. The second-order valence-corrected chi connectivity index (χ2v) is 7.62. The van der Waals surface area contributed by atoms with E-state index in [1.807, 2.05) is 6.07 Å². The highest BCUT2D eigenvalue weighted by Crippen LogP contribution is 2.17. The van der Waals surface area contributed by atoms with E-state index in [1.165, 1.54) is 22.8 Å². The molecule has 0 aliphatic heterocycles. The molecule has 2 heterocycles. The van der Waals surface area contributed by atoms with E-state index in [4.69, 9.17) is 23.2 Å². The molecule has 9 heteroatoms. The minimum Gasteiger partial charge on any atom is -0.349 e. The molecule has 7 nitrogen and oxygen atoms in total. The topological polar surface area (TPSA) is 86.0 Å². The van der Waals surface area contributed by atoms with Crippen LogP contribution in [-0.4, -0.2) is 20.0 Å². The monoisotopic (exact) mass is 454 g/mol. The average Bonchev–Trinajstić information content (AvgIpc) is 2.76. The summed E-state index contributed by atoms with van der Waals surface area (Å²) in [4.78, 5) is 43.1. The summed E-state index contributed by atoms with van der Waals surface area (Å²) in [6.07, 6.45) is 1.63. The standard InChI is InChI=1S/C22H16Cl2N4O3/c23-14-4-3-6-17(10-14)28-21(30)18-8-7-15(24)11-19(18)27(22(28)31)13-20(29)26-12-16-5-1-2-9-25-16/h1-11H,12-13H2,(H,26,29). The first-order chi connectivity index (χ1) is 14.9. The van der Waals surface area contributed by atoms with E-state index in [2.05, 4.69) is 10.3 Å². The Morgan fingerprint density at radius 3 is 2.52 bits per heavy atom. The molecule has 1 amide bonds. The molecule has 31 heavy (non-hydrogen) atoms. The van der Waals surface area contributed by atoms with Crippen molar-refractivity contribution in [3.8, 4) is 5.69 Å². The first-order valence-electron chi connectivity index (χ1n) is 9.32. The van der Waals surface area contributed by atoms with Crippen LogP contribution in [0.3, 0.4) is 0 Å². The van der Waals surface area contributed by atoms with Gasteiger partial charge in [0.2, 0.25) is 5.91 Å².